The van der Waals surface area contributed by atoms with Crippen molar-refractivity contribution in [3.63, 3.8) is 0 Å². The number of rotatable bonds is 10. The van der Waals surface area contributed by atoms with Gasteiger partial charge in [0.05, 0.1) is 6.61 Å². The second kappa shape index (κ2) is 6.72. The van der Waals surface area contributed by atoms with E-state index in [0.29, 0.717) is 6.04 Å². The molecule has 0 amide bonds. The zero-order chi connectivity index (χ0) is 12.1. The summed E-state index contributed by atoms with van der Waals surface area (Å²) in [6.45, 7) is 6.63. The van der Waals surface area contributed by atoms with Gasteiger partial charge >= 0.3 is 0 Å². The van der Waals surface area contributed by atoms with Crippen LogP contribution in [-0.2, 0) is 4.74 Å². The van der Waals surface area contributed by atoms with Crippen LogP contribution in [0.4, 0.5) is 0 Å². The molecule has 17 heavy (non-hydrogen) atoms. The second-order valence-corrected chi connectivity index (χ2v) is 5.68. The van der Waals surface area contributed by atoms with Gasteiger partial charge in [0.15, 0.2) is 0 Å². The maximum atomic E-state index is 5.41. The normalized spacial score (nSPS) is 22.1. The van der Waals surface area contributed by atoms with Gasteiger partial charge < -0.3 is 10.1 Å². The molecule has 2 fully saturated rings. The smallest absolute Gasteiger partial charge is 0.0630 e. The lowest BCUT2D eigenvalue weighted by Crippen LogP contribution is -2.47. The van der Waals surface area contributed by atoms with Gasteiger partial charge in [-0.15, -0.1) is 0 Å². The number of ether oxygens (including phenoxy) is 1. The monoisotopic (exact) mass is 240 g/mol. The minimum Gasteiger partial charge on any atom is -0.383 e. The Bertz CT molecular complexity index is 214. The molecule has 0 spiro atoms. The molecule has 0 aromatic rings. The van der Waals surface area contributed by atoms with E-state index >= 15 is 0 Å². The fourth-order valence-electron chi connectivity index (χ4n) is 2.51. The summed E-state index contributed by atoms with van der Waals surface area (Å²) in [7, 11) is 1.83. The molecule has 2 saturated carbocycles. The quantitative estimate of drug-likeness (QED) is 0.590. The molecule has 0 aromatic carbocycles. The standard InChI is InChI=1S/C14H28N2O/c1-3-8-15-9-14(11-17-2)16(13-6-7-13)10-12-4-5-12/h12-15H,3-11H2,1-2H3. The van der Waals surface area contributed by atoms with Crippen LogP contribution < -0.4 is 5.32 Å². The molecular formula is C14H28N2O. The number of nitrogens with one attached hydrogen (secondary N) is 1. The third-order valence-electron chi connectivity index (χ3n) is 3.82. The summed E-state index contributed by atoms with van der Waals surface area (Å²) < 4.78 is 5.41. The Morgan fingerprint density at radius 2 is 2.06 bits per heavy atom. The molecule has 3 nitrogen and oxygen atoms in total. The maximum Gasteiger partial charge on any atom is 0.0630 e. The average molecular weight is 240 g/mol. The summed E-state index contributed by atoms with van der Waals surface area (Å²) in [5.41, 5.74) is 0. The highest BCUT2D eigenvalue weighted by Crippen LogP contribution is 2.35. The zero-order valence-electron chi connectivity index (χ0n) is 11.5. The Hall–Kier alpha value is -0.120. The molecular weight excluding hydrogens is 212 g/mol. The summed E-state index contributed by atoms with van der Waals surface area (Å²) in [4.78, 5) is 2.73. The molecule has 0 heterocycles. The molecule has 2 aliphatic rings. The SMILES string of the molecule is CCCNCC(COC)N(CC1CC1)C1CC1. The minimum atomic E-state index is 0.583. The number of hydrogen-bond acceptors (Lipinski definition) is 3. The van der Waals surface area contributed by atoms with Gasteiger partial charge in [0.25, 0.3) is 0 Å². The molecule has 2 rings (SSSR count). The van der Waals surface area contributed by atoms with E-state index in [-0.39, 0.29) is 0 Å². The molecule has 0 saturated heterocycles. The minimum absolute atomic E-state index is 0.583. The van der Waals surface area contributed by atoms with E-state index < -0.39 is 0 Å². The maximum absolute atomic E-state index is 5.41. The van der Waals surface area contributed by atoms with Crippen LogP contribution in [0, 0.1) is 5.92 Å². The topological polar surface area (TPSA) is 24.5 Å². The Balaban J connectivity index is 1.80. The Labute approximate surface area is 106 Å². The van der Waals surface area contributed by atoms with Crippen LogP contribution in [0.2, 0.25) is 0 Å². The molecule has 0 aromatic heterocycles. The number of hydrogen-bond donors (Lipinski definition) is 1. The van der Waals surface area contributed by atoms with Gasteiger partial charge in [0.2, 0.25) is 0 Å². The summed E-state index contributed by atoms with van der Waals surface area (Å²) in [6, 6.07) is 1.44. The van der Waals surface area contributed by atoms with Gasteiger partial charge in [-0.3, -0.25) is 4.90 Å². The van der Waals surface area contributed by atoms with Crippen LogP contribution in [0.15, 0.2) is 0 Å². The van der Waals surface area contributed by atoms with Crippen molar-refractivity contribution < 1.29 is 4.74 Å². The predicted octanol–water partition coefficient (Wildman–Crippen LogP) is 1.88. The van der Waals surface area contributed by atoms with E-state index in [0.717, 1.165) is 31.7 Å². The fourth-order valence-corrected chi connectivity index (χ4v) is 2.51. The molecule has 0 radical (unpaired) electrons. The van der Waals surface area contributed by atoms with Gasteiger partial charge in [-0.05, 0) is 44.6 Å². The molecule has 2 aliphatic carbocycles. The van der Waals surface area contributed by atoms with Gasteiger partial charge in [-0.1, -0.05) is 6.92 Å². The van der Waals surface area contributed by atoms with Crippen LogP contribution >= 0.6 is 0 Å². The van der Waals surface area contributed by atoms with Crippen molar-refractivity contribution in [1.82, 2.24) is 10.2 Å². The summed E-state index contributed by atoms with van der Waals surface area (Å²) in [6.07, 6.45) is 6.92. The molecule has 1 unspecified atom stereocenters. The van der Waals surface area contributed by atoms with Crippen LogP contribution in [-0.4, -0.2) is 50.3 Å². The molecule has 1 N–H and O–H groups in total. The van der Waals surface area contributed by atoms with Crippen molar-refractivity contribution >= 4 is 0 Å². The van der Waals surface area contributed by atoms with E-state index in [1.807, 2.05) is 7.11 Å². The zero-order valence-corrected chi connectivity index (χ0v) is 11.5. The Kier molecular flexibility index (Phi) is 5.26. The van der Waals surface area contributed by atoms with Crippen LogP contribution in [0.3, 0.4) is 0 Å². The van der Waals surface area contributed by atoms with Crippen molar-refractivity contribution in [3.05, 3.63) is 0 Å². The Morgan fingerprint density at radius 1 is 1.29 bits per heavy atom. The summed E-state index contributed by atoms with van der Waals surface area (Å²) in [5, 5.41) is 3.56. The van der Waals surface area contributed by atoms with E-state index in [1.54, 1.807) is 0 Å². The van der Waals surface area contributed by atoms with Crippen molar-refractivity contribution in [2.24, 2.45) is 5.92 Å². The molecule has 0 bridgehead atoms. The van der Waals surface area contributed by atoms with Gasteiger partial charge in [0.1, 0.15) is 0 Å². The molecule has 3 heteroatoms. The second-order valence-electron chi connectivity index (χ2n) is 5.68. The largest absolute Gasteiger partial charge is 0.383 e. The first kappa shape index (κ1) is 13.3. The highest BCUT2D eigenvalue weighted by atomic mass is 16.5. The van der Waals surface area contributed by atoms with Crippen LogP contribution in [0.25, 0.3) is 0 Å². The molecule has 1 atom stereocenters. The van der Waals surface area contributed by atoms with Gasteiger partial charge in [0, 0.05) is 32.3 Å². The third-order valence-corrected chi connectivity index (χ3v) is 3.82. The van der Waals surface area contributed by atoms with Crippen molar-refractivity contribution in [2.75, 3.05) is 33.4 Å². The van der Waals surface area contributed by atoms with Gasteiger partial charge in [-0.25, -0.2) is 0 Å². The first-order chi connectivity index (χ1) is 8.35. The van der Waals surface area contributed by atoms with Crippen molar-refractivity contribution in [1.29, 1.82) is 0 Å². The average Bonchev–Trinajstić information content (AvgIpc) is 3.16. The highest BCUT2D eigenvalue weighted by Gasteiger charge is 2.37. The highest BCUT2D eigenvalue weighted by molar-refractivity contribution is 4.92. The first-order valence-corrected chi connectivity index (χ1v) is 7.30. The third kappa shape index (κ3) is 4.57. The lowest BCUT2D eigenvalue weighted by Gasteiger charge is -2.31. The fraction of sp³-hybridized carbons (Fsp3) is 1.00. The Morgan fingerprint density at radius 3 is 2.59 bits per heavy atom. The van der Waals surface area contributed by atoms with E-state index in [1.165, 1.54) is 38.6 Å². The van der Waals surface area contributed by atoms with E-state index in [4.69, 9.17) is 4.74 Å². The summed E-state index contributed by atoms with van der Waals surface area (Å²) >= 11 is 0. The van der Waals surface area contributed by atoms with Gasteiger partial charge in [-0.2, -0.15) is 0 Å². The lowest BCUT2D eigenvalue weighted by atomic mass is 10.2. The van der Waals surface area contributed by atoms with E-state index in [2.05, 4.69) is 17.1 Å². The molecule has 100 valence electrons. The van der Waals surface area contributed by atoms with Crippen molar-refractivity contribution in [3.8, 4) is 0 Å². The first-order valence-electron chi connectivity index (χ1n) is 7.30. The number of methoxy groups -OCH3 is 1. The lowest BCUT2D eigenvalue weighted by molar-refractivity contribution is 0.0806. The number of nitrogens with zero attached hydrogens (tertiary/aromatic N) is 1. The van der Waals surface area contributed by atoms with Crippen LogP contribution in [0.1, 0.15) is 39.0 Å². The van der Waals surface area contributed by atoms with Crippen molar-refractivity contribution in [2.45, 2.75) is 51.1 Å². The predicted molar refractivity (Wildman–Crippen MR) is 71.3 cm³/mol. The summed E-state index contributed by atoms with van der Waals surface area (Å²) in [5.74, 6) is 0.987. The van der Waals surface area contributed by atoms with E-state index in [9.17, 15) is 0 Å². The van der Waals surface area contributed by atoms with Crippen LogP contribution in [0.5, 0.6) is 0 Å². The molecule has 0 aliphatic heterocycles.